The van der Waals surface area contributed by atoms with E-state index in [9.17, 15) is 10.1 Å². The molecule has 1 aromatic rings. The van der Waals surface area contributed by atoms with Crippen molar-refractivity contribution in [1.29, 1.82) is 0 Å². The van der Waals surface area contributed by atoms with Gasteiger partial charge in [0.15, 0.2) is 5.88 Å². The van der Waals surface area contributed by atoms with Crippen molar-refractivity contribution in [3.63, 3.8) is 0 Å². The van der Waals surface area contributed by atoms with Crippen LogP contribution in [0.15, 0.2) is 12.3 Å². The standard InChI is InChI=1S/C8H12N2O3/c1-9-6-7(3-4-10(11)12)5-8(9)13-2/h5-6H,3-4H2,1-2H3. The predicted octanol–water partition coefficient (Wildman–Crippen LogP) is 0.853. The number of rotatable bonds is 4. The lowest BCUT2D eigenvalue weighted by atomic mass is 10.2. The van der Waals surface area contributed by atoms with E-state index < -0.39 is 0 Å². The van der Waals surface area contributed by atoms with E-state index in [1.807, 2.05) is 19.3 Å². The Morgan fingerprint density at radius 2 is 2.38 bits per heavy atom. The number of hydrogen-bond donors (Lipinski definition) is 0. The molecule has 0 fully saturated rings. The zero-order valence-corrected chi connectivity index (χ0v) is 7.69. The molecule has 0 aliphatic rings. The zero-order valence-electron chi connectivity index (χ0n) is 7.69. The first-order chi connectivity index (χ1) is 6.13. The highest BCUT2D eigenvalue weighted by Crippen LogP contribution is 2.14. The van der Waals surface area contributed by atoms with Gasteiger partial charge >= 0.3 is 0 Å². The second-order valence-electron chi connectivity index (χ2n) is 2.81. The molecular weight excluding hydrogens is 172 g/mol. The van der Waals surface area contributed by atoms with Crippen LogP contribution in [0.25, 0.3) is 0 Å². The van der Waals surface area contributed by atoms with E-state index in [0.717, 1.165) is 11.4 Å². The SMILES string of the molecule is COc1cc(CC[N+](=O)[O-])cn1C. The van der Waals surface area contributed by atoms with Crippen molar-refractivity contribution in [3.05, 3.63) is 27.9 Å². The van der Waals surface area contributed by atoms with Gasteiger partial charge in [-0.1, -0.05) is 0 Å². The van der Waals surface area contributed by atoms with Crippen LogP contribution in [0.1, 0.15) is 5.56 Å². The van der Waals surface area contributed by atoms with Crippen LogP contribution in [0.2, 0.25) is 0 Å². The first-order valence-corrected chi connectivity index (χ1v) is 3.94. The fourth-order valence-electron chi connectivity index (χ4n) is 1.17. The molecule has 0 radical (unpaired) electrons. The van der Waals surface area contributed by atoms with Gasteiger partial charge in [-0.05, 0) is 5.56 Å². The fourth-order valence-corrected chi connectivity index (χ4v) is 1.17. The third-order valence-electron chi connectivity index (χ3n) is 1.81. The normalized spacial score (nSPS) is 10.0. The summed E-state index contributed by atoms with van der Waals surface area (Å²) in [4.78, 5) is 9.78. The van der Waals surface area contributed by atoms with Crippen LogP contribution < -0.4 is 4.74 Å². The second-order valence-corrected chi connectivity index (χ2v) is 2.81. The van der Waals surface area contributed by atoms with Crippen molar-refractivity contribution in [3.8, 4) is 5.88 Å². The first-order valence-electron chi connectivity index (χ1n) is 3.94. The summed E-state index contributed by atoms with van der Waals surface area (Å²) in [6.07, 6.45) is 2.28. The number of aromatic nitrogens is 1. The highest BCUT2D eigenvalue weighted by molar-refractivity contribution is 5.23. The number of nitrogens with zero attached hydrogens (tertiary/aromatic N) is 2. The Labute approximate surface area is 76.1 Å². The largest absolute Gasteiger partial charge is 0.482 e. The fraction of sp³-hybridized carbons (Fsp3) is 0.500. The topological polar surface area (TPSA) is 57.3 Å². The summed E-state index contributed by atoms with van der Waals surface area (Å²) in [7, 11) is 3.42. The first kappa shape index (κ1) is 9.57. The van der Waals surface area contributed by atoms with Crippen LogP contribution in [-0.4, -0.2) is 23.1 Å². The Morgan fingerprint density at radius 3 is 2.85 bits per heavy atom. The molecule has 0 amide bonds. The van der Waals surface area contributed by atoms with Crippen LogP contribution in [0.4, 0.5) is 0 Å². The number of aryl methyl sites for hydroxylation is 1. The Bertz CT molecular complexity index is 306. The summed E-state index contributed by atoms with van der Waals surface area (Å²) in [6.45, 7) is -0.0346. The van der Waals surface area contributed by atoms with Gasteiger partial charge in [-0.15, -0.1) is 0 Å². The molecule has 5 heteroatoms. The molecule has 1 aromatic heterocycles. The van der Waals surface area contributed by atoms with Crippen LogP contribution in [-0.2, 0) is 13.5 Å². The molecule has 1 heterocycles. The van der Waals surface area contributed by atoms with Gasteiger partial charge in [0.25, 0.3) is 0 Å². The molecule has 0 aliphatic carbocycles. The van der Waals surface area contributed by atoms with Gasteiger partial charge in [-0.2, -0.15) is 0 Å². The Morgan fingerprint density at radius 1 is 1.69 bits per heavy atom. The maximum Gasteiger partial charge on any atom is 0.207 e. The summed E-state index contributed by atoms with van der Waals surface area (Å²) in [5, 5.41) is 10.1. The summed E-state index contributed by atoms with van der Waals surface area (Å²) in [5.74, 6) is 0.721. The van der Waals surface area contributed by atoms with Gasteiger partial charge in [0, 0.05) is 30.7 Å². The van der Waals surface area contributed by atoms with Gasteiger partial charge in [0.2, 0.25) is 6.54 Å². The minimum Gasteiger partial charge on any atom is -0.482 e. The molecule has 0 saturated heterocycles. The van der Waals surface area contributed by atoms with E-state index in [1.54, 1.807) is 11.7 Å². The van der Waals surface area contributed by atoms with Crippen LogP contribution in [0, 0.1) is 10.1 Å². The lowest BCUT2D eigenvalue weighted by molar-refractivity contribution is -0.479. The van der Waals surface area contributed by atoms with E-state index in [-0.39, 0.29) is 11.5 Å². The molecule has 13 heavy (non-hydrogen) atoms. The third kappa shape index (κ3) is 2.47. The van der Waals surface area contributed by atoms with Gasteiger partial charge in [-0.25, -0.2) is 0 Å². The second kappa shape index (κ2) is 3.93. The maximum atomic E-state index is 10.1. The quantitative estimate of drug-likeness (QED) is 0.515. The number of hydrogen-bond acceptors (Lipinski definition) is 3. The molecule has 0 bridgehead atoms. The molecule has 0 N–H and O–H groups in total. The van der Waals surface area contributed by atoms with E-state index in [2.05, 4.69) is 0 Å². The van der Waals surface area contributed by atoms with Crippen LogP contribution in [0.5, 0.6) is 5.88 Å². The molecule has 0 spiro atoms. The molecule has 5 nitrogen and oxygen atoms in total. The summed E-state index contributed by atoms with van der Waals surface area (Å²) in [6, 6.07) is 1.81. The van der Waals surface area contributed by atoms with Gasteiger partial charge in [-0.3, -0.25) is 10.1 Å². The highest BCUT2D eigenvalue weighted by atomic mass is 16.6. The monoisotopic (exact) mass is 184 g/mol. The summed E-state index contributed by atoms with van der Waals surface area (Å²) in [5.41, 5.74) is 0.927. The third-order valence-corrected chi connectivity index (χ3v) is 1.81. The Kier molecular flexibility index (Phi) is 2.89. The van der Waals surface area contributed by atoms with E-state index in [4.69, 9.17) is 4.74 Å². The zero-order chi connectivity index (χ0) is 9.84. The van der Waals surface area contributed by atoms with Crippen LogP contribution >= 0.6 is 0 Å². The Balaban J connectivity index is 2.62. The molecule has 0 saturated carbocycles. The van der Waals surface area contributed by atoms with E-state index in [1.165, 1.54) is 0 Å². The minimum absolute atomic E-state index is 0.0346. The van der Waals surface area contributed by atoms with Crippen molar-refractivity contribution in [1.82, 2.24) is 4.57 Å². The molecule has 0 aliphatic heterocycles. The van der Waals surface area contributed by atoms with Gasteiger partial charge in [0.05, 0.1) is 7.11 Å². The lowest BCUT2D eigenvalue weighted by Crippen LogP contribution is -2.03. The number of ether oxygens (including phenoxy) is 1. The average Bonchev–Trinajstić information content (AvgIpc) is 2.43. The molecular formula is C8H12N2O3. The average molecular weight is 184 g/mol. The smallest absolute Gasteiger partial charge is 0.207 e. The molecule has 72 valence electrons. The van der Waals surface area contributed by atoms with Crippen molar-refractivity contribution in [2.24, 2.45) is 7.05 Å². The minimum atomic E-state index is -0.320. The number of methoxy groups -OCH3 is 1. The van der Waals surface area contributed by atoms with E-state index >= 15 is 0 Å². The van der Waals surface area contributed by atoms with Gasteiger partial charge in [0.1, 0.15) is 0 Å². The van der Waals surface area contributed by atoms with Gasteiger partial charge < -0.3 is 9.30 Å². The lowest BCUT2D eigenvalue weighted by Gasteiger charge is -1.97. The Hall–Kier alpha value is -1.52. The maximum absolute atomic E-state index is 10.1. The summed E-state index contributed by atoms with van der Waals surface area (Å²) >= 11 is 0. The van der Waals surface area contributed by atoms with Crippen molar-refractivity contribution in [2.75, 3.05) is 13.7 Å². The van der Waals surface area contributed by atoms with E-state index in [0.29, 0.717) is 6.42 Å². The highest BCUT2D eigenvalue weighted by Gasteiger charge is 2.05. The summed E-state index contributed by atoms with van der Waals surface area (Å²) < 4.78 is 6.83. The van der Waals surface area contributed by atoms with Crippen LogP contribution in [0.3, 0.4) is 0 Å². The predicted molar refractivity (Wildman–Crippen MR) is 47.5 cm³/mol. The molecule has 1 rings (SSSR count). The van der Waals surface area contributed by atoms with Crippen molar-refractivity contribution < 1.29 is 9.66 Å². The van der Waals surface area contributed by atoms with Crippen molar-refractivity contribution in [2.45, 2.75) is 6.42 Å². The molecule has 0 atom stereocenters. The molecule has 0 unspecified atom stereocenters. The number of nitro groups is 1. The van der Waals surface area contributed by atoms with Crippen molar-refractivity contribution >= 4 is 0 Å². The molecule has 0 aromatic carbocycles.